The maximum Gasteiger partial charge on any atom is 0.410 e. The minimum absolute atomic E-state index is 0.00934. The molecular formula is C58H87BrN10O12S4. The van der Waals surface area contributed by atoms with Gasteiger partial charge in [0.1, 0.15) is 11.2 Å². The van der Waals surface area contributed by atoms with E-state index in [0.717, 1.165) is 71.1 Å². The molecule has 2 saturated carbocycles. The van der Waals surface area contributed by atoms with Crippen molar-refractivity contribution in [1.82, 2.24) is 39.8 Å². The number of sulfonamides is 2. The summed E-state index contributed by atoms with van der Waals surface area (Å²) in [7, 11) is -7.38. The average molecular weight is 1320 g/mol. The number of carbonyl (C=O) groups is 4. The number of rotatable bonds is 16. The molecule has 4 fully saturated rings. The van der Waals surface area contributed by atoms with Crippen molar-refractivity contribution in [2.45, 2.75) is 204 Å². The number of hydrogen-bond acceptors (Lipinski definition) is 18. The second-order valence-electron chi connectivity index (χ2n) is 24.1. The highest BCUT2D eigenvalue weighted by Gasteiger charge is 2.35. The predicted molar refractivity (Wildman–Crippen MR) is 335 cm³/mol. The van der Waals surface area contributed by atoms with Gasteiger partial charge in [-0.25, -0.2) is 55.4 Å². The van der Waals surface area contributed by atoms with Crippen molar-refractivity contribution >= 4 is 88.7 Å². The van der Waals surface area contributed by atoms with Crippen LogP contribution >= 0.6 is 38.6 Å². The Balaban J connectivity index is 0.000000234. The topological polar surface area (TPSA) is 292 Å². The number of thiazole rings is 2. The summed E-state index contributed by atoms with van der Waals surface area (Å²) < 4.78 is 78.7. The summed E-state index contributed by atoms with van der Waals surface area (Å²) in [6.45, 7) is 24.6. The van der Waals surface area contributed by atoms with Gasteiger partial charge in [-0.2, -0.15) is 0 Å². The lowest BCUT2D eigenvalue weighted by atomic mass is 9.86. The molecule has 8 rings (SSSR count). The predicted octanol–water partition coefficient (Wildman–Crippen LogP) is 10.9. The largest absolute Gasteiger partial charge is 0.447 e. The number of nitrogens with two attached hydrogens (primary N) is 1. The van der Waals surface area contributed by atoms with Gasteiger partial charge in [0.15, 0.2) is 0 Å². The molecule has 4 aliphatic rings. The van der Waals surface area contributed by atoms with E-state index in [1.807, 2.05) is 93.5 Å². The lowest BCUT2D eigenvalue weighted by Crippen LogP contribution is -2.58. The third-order valence-electron chi connectivity index (χ3n) is 13.7. The van der Waals surface area contributed by atoms with Gasteiger partial charge in [0, 0.05) is 103 Å². The summed E-state index contributed by atoms with van der Waals surface area (Å²) in [5, 5.41) is 11.2. The Labute approximate surface area is 518 Å². The molecule has 0 spiro atoms. The Morgan fingerprint density at radius 2 is 1.02 bits per heavy atom. The first kappa shape index (κ1) is 68.9. The zero-order valence-corrected chi connectivity index (χ0v) is 55.8. The van der Waals surface area contributed by atoms with Crippen LogP contribution in [0.5, 0.6) is 0 Å². The Morgan fingerprint density at radius 3 is 1.41 bits per heavy atom. The second kappa shape index (κ2) is 30.2. The number of ether oxygens (including phenoxy) is 4. The van der Waals surface area contributed by atoms with Crippen LogP contribution in [-0.4, -0.2) is 148 Å². The van der Waals surface area contributed by atoms with Crippen LogP contribution in [-0.2, 0) is 39.0 Å². The number of likely N-dealkylation sites (tertiary alicyclic amines) is 2. The van der Waals surface area contributed by atoms with Crippen molar-refractivity contribution in [2.24, 2.45) is 5.73 Å². The molecule has 2 aromatic heterocycles. The van der Waals surface area contributed by atoms with Crippen LogP contribution in [0.15, 0.2) is 63.1 Å². The lowest BCUT2D eigenvalue weighted by molar-refractivity contribution is 0.00845. The Bertz CT molecular complexity index is 3120. The normalized spacial score (nSPS) is 19.5. The molecule has 0 radical (unpaired) electrons. The highest BCUT2D eigenvalue weighted by Crippen LogP contribution is 2.42. The highest BCUT2D eigenvalue weighted by atomic mass is 79.9. The maximum absolute atomic E-state index is 13.3. The molecule has 472 valence electrons. The van der Waals surface area contributed by atoms with E-state index in [-0.39, 0.29) is 83.0 Å². The first-order valence-electron chi connectivity index (χ1n) is 29.1. The number of halogens is 1. The summed E-state index contributed by atoms with van der Waals surface area (Å²) in [6.07, 6.45) is 8.87. The number of aromatic nitrogens is 2. The van der Waals surface area contributed by atoms with Gasteiger partial charge in [-0.3, -0.25) is 0 Å². The molecule has 2 saturated heterocycles. The number of alkyl carbamates (subject to hydrolysis) is 2. The van der Waals surface area contributed by atoms with Crippen LogP contribution in [0.3, 0.4) is 0 Å². The monoisotopic (exact) mass is 1320 g/mol. The molecule has 4 heterocycles. The minimum atomic E-state index is -3.77. The van der Waals surface area contributed by atoms with E-state index in [1.54, 1.807) is 48.2 Å². The van der Waals surface area contributed by atoms with Crippen LogP contribution in [0.2, 0.25) is 0 Å². The van der Waals surface area contributed by atoms with Crippen LogP contribution in [0.1, 0.15) is 156 Å². The zero-order valence-electron chi connectivity index (χ0n) is 50.9. The van der Waals surface area contributed by atoms with E-state index in [1.165, 1.54) is 22.7 Å². The Kier molecular flexibility index (Phi) is 24.5. The summed E-state index contributed by atoms with van der Waals surface area (Å²) in [4.78, 5) is 61.8. The van der Waals surface area contributed by atoms with Crippen molar-refractivity contribution in [2.75, 3.05) is 44.6 Å². The number of benzene rings is 2. The molecule has 85 heavy (non-hydrogen) atoms. The molecule has 4 amide bonds. The van der Waals surface area contributed by atoms with Gasteiger partial charge in [0.2, 0.25) is 20.0 Å². The Hall–Kier alpha value is -5.16. The van der Waals surface area contributed by atoms with E-state index in [9.17, 15) is 36.0 Å². The van der Waals surface area contributed by atoms with Crippen LogP contribution in [0.25, 0.3) is 20.9 Å². The fraction of sp³-hybridized carbons (Fsp3) is 0.621. The molecule has 2 aromatic carbocycles. The lowest BCUT2D eigenvalue weighted by Gasteiger charge is -2.40. The van der Waals surface area contributed by atoms with E-state index in [2.05, 4.69) is 51.3 Å². The van der Waals surface area contributed by atoms with E-state index in [4.69, 9.17) is 24.7 Å². The van der Waals surface area contributed by atoms with E-state index < -0.39 is 31.2 Å². The first-order valence-corrected chi connectivity index (χ1v) is 34.5. The van der Waals surface area contributed by atoms with Crippen LogP contribution in [0.4, 0.5) is 24.9 Å². The SMILES string of the molecule is CC(C)(C)OC(=O)N1CC(N)C1.CCNS(=O)(=O)c1cc(Br)ccc1-c1cnc(C2CCC(NC(=O)OC(C)C)CC2)s1.CCNS(=O)(=O)c1cc(NC2CN(C(=O)OC(C)(C)C)C2)ccc1-c1cnc(C2CCC(NC(=O)OC(C)C)CC2)s1. The van der Waals surface area contributed by atoms with Crippen molar-refractivity contribution in [3.05, 3.63) is 63.3 Å². The summed E-state index contributed by atoms with van der Waals surface area (Å²) >= 11 is 6.43. The minimum Gasteiger partial charge on any atom is -0.447 e. The number of carbonyl (C=O) groups excluding carboxylic acids is 4. The molecule has 27 heteroatoms. The molecule has 22 nitrogen and oxygen atoms in total. The fourth-order valence-corrected chi connectivity index (χ4v) is 15.2. The maximum atomic E-state index is 13.3. The van der Waals surface area contributed by atoms with E-state index in [0.29, 0.717) is 59.9 Å². The molecular weight excluding hydrogens is 1240 g/mol. The van der Waals surface area contributed by atoms with Crippen LogP contribution in [0, 0.1) is 0 Å². The highest BCUT2D eigenvalue weighted by molar-refractivity contribution is 9.10. The van der Waals surface area contributed by atoms with Gasteiger partial charge in [0.05, 0.1) is 47.8 Å². The summed E-state index contributed by atoms with van der Waals surface area (Å²) in [5.41, 5.74) is 6.47. The molecule has 0 bridgehead atoms. The summed E-state index contributed by atoms with van der Waals surface area (Å²) in [6, 6.07) is 10.9. The quantitative estimate of drug-likeness (QED) is 0.0568. The molecule has 4 aromatic rings. The second-order valence-corrected chi connectivity index (χ2v) is 30.7. The van der Waals surface area contributed by atoms with Crippen LogP contribution < -0.4 is 31.1 Å². The van der Waals surface area contributed by atoms with E-state index >= 15 is 0 Å². The average Bonchev–Trinajstić information content (AvgIpc) is 2.87. The number of anilines is 1. The van der Waals surface area contributed by atoms with Gasteiger partial charge >= 0.3 is 24.4 Å². The molecule has 2 aliphatic heterocycles. The van der Waals surface area contributed by atoms with Crippen molar-refractivity contribution in [3.8, 4) is 20.9 Å². The third kappa shape index (κ3) is 21.0. The van der Waals surface area contributed by atoms with Crippen molar-refractivity contribution < 1.29 is 55.0 Å². The van der Waals surface area contributed by atoms with Gasteiger partial charge in [-0.05, 0) is 145 Å². The molecule has 0 unspecified atom stereocenters. The Morgan fingerprint density at radius 1 is 0.624 bits per heavy atom. The number of hydrogen-bond donors (Lipinski definition) is 6. The van der Waals surface area contributed by atoms with Gasteiger partial charge in [-0.15, -0.1) is 22.7 Å². The first-order chi connectivity index (χ1) is 39.8. The smallest absolute Gasteiger partial charge is 0.410 e. The third-order valence-corrected chi connectivity index (χ3v) is 19.7. The fourth-order valence-electron chi connectivity index (χ4n) is 9.77. The standard InChI is InChI=1S/C29H43N5O6S2.C21H28BrN3O4S2.C8H16N2O2/c1-7-31-42(37,38)25-14-21(32-22-16-34(17-22)28(36)40-29(4,5)6)12-13-23(25)24-15-30-26(41-24)19-8-10-20(11-9-19)33-27(35)39-18(2)3;1-4-24-31(27,28)19-11-15(22)7-10-17(19)18-12-23-20(30-18)14-5-8-16(9-6-14)25-21(26)29-13(2)3;1-8(2,3)12-7(11)10-4-6(9)5-10/h12-15,18-20,22,31-32H,7-11,16-17H2,1-6H3,(H,33,35);7,10-14,16,24H,4-6,8-9H2,1-3H3,(H,25,26);6H,4-5,9H2,1-3H3. The van der Waals surface area contributed by atoms with Gasteiger partial charge in [-0.1, -0.05) is 41.9 Å². The number of nitrogens with one attached hydrogen (secondary N) is 5. The summed E-state index contributed by atoms with van der Waals surface area (Å²) in [5.74, 6) is 0.561. The van der Waals surface area contributed by atoms with Gasteiger partial charge in [0.25, 0.3) is 0 Å². The van der Waals surface area contributed by atoms with Crippen molar-refractivity contribution in [3.63, 3.8) is 0 Å². The molecule has 2 aliphatic carbocycles. The molecule has 0 atom stereocenters. The number of nitrogens with zero attached hydrogens (tertiary/aromatic N) is 4. The van der Waals surface area contributed by atoms with Gasteiger partial charge < -0.3 is 50.4 Å². The zero-order chi connectivity index (χ0) is 62.6. The molecule has 7 N–H and O–H groups in total. The van der Waals surface area contributed by atoms with Crippen molar-refractivity contribution in [1.29, 1.82) is 0 Å². The number of amides is 4.